The van der Waals surface area contributed by atoms with Gasteiger partial charge >= 0.3 is 0 Å². The zero-order valence-corrected chi connectivity index (χ0v) is 13.6. The Morgan fingerprint density at radius 2 is 1.62 bits per heavy atom. The molecule has 0 bridgehead atoms. The Hall–Kier alpha value is -3.22. The zero-order valence-electron chi connectivity index (χ0n) is 13.6. The van der Waals surface area contributed by atoms with Crippen LogP contribution in [0.3, 0.4) is 0 Å². The van der Waals surface area contributed by atoms with Crippen LogP contribution in [0.1, 0.15) is 15.9 Å². The Balaban J connectivity index is 2.15. The molecule has 0 saturated carbocycles. The van der Waals surface area contributed by atoms with E-state index in [-0.39, 0.29) is 5.75 Å². The highest BCUT2D eigenvalue weighted by Gasteiger charge is 2.16. The van der Waals surface area contributed by atoms with E-state index in [9.17, 15) is 9.90 Å². The minimum Gasteiger partial charge on any atom is -0.508 e. The Kier molecular flexibility index (Phi) is 5.62. The van der Waals surface area contributed by atoms with E-state index in [0.717, 1.165) is 5.56 Å². The molecule has 0 atom stereocenters. The van der Waals surface area contributed by atoms with Gasteiger partial charge in [-0.15, -0.1) is 0 Å². The van der Waals surface area contributed by atoms with E-state index in [1.807, 2.05) is 0 Å². The maximum absolute atomic E-state index is 12.2. The third-order valence-electron chi connectivity index (χ3n) is 3.20. The van der Waals surface area contributed by atoms with Crippen molar-refractivity contribution < 1.29 is 24.1 Å². The lowest BCUT2D eigenvalue weighted by molar-refractivity contribution is 0.0954. The van der Waals surface area contributed by atoms with Crippen molar-refractivity contribution >= 4 is 12.1 Å². The standard InChI is InChI=1S/C17H18N2O5/c1-22-14-8-12(9-15(23-2)16(14)24-3)17(21)19-18-10-11-4-6-13(20)7-5-11/h4-10,20H,1-3H3,(H,19,21)/b18-10-. The molecule has 0 radical (unpaired) electrons. The first-order chi connectivity index (χ1) is 11.6. The van der Waals surface area contributed by atoms with Gasteiger partial charge in [-0.3, -0.25) is 4.79 Å². The van der Waals surface area contributed by atoms with Crippen LogP contribution in [0.2, 0.25) is 0 Å². The fourth-order valence-electron chi connectivity index (χ4n) is 2.00. The van der Waals surface area contributed by atoms with E-state index in [1.54, 1.807) is 12.1 Å². The quantitative estimate of drug-likeness (QED) is 0.626. The van der Waals surface area contributed by atoms with Gasteiger partial charge in [0.15, 0.2) is 11.5 Å². The van der Waals surface area contributed by atoms with Crippen molar-refractivity contribution in [3.05, 3.63) is 47.5 Å². The Labute approximate surface area is 139 Å². The fourth-order valence-corrected chi connectivity index (χ4v) is 2.00. The largest absolute Gasteiger partial charge is 0.508 e. The molecule has 2 N–H and O–H groups in total. The number of hydrazone groups is 1. The summed E-state index contributed by atoms with van der Waals surface area (Å²) in [6.07, 6.45) is 1.47. The Morgan fingerprint density at radius 3 is 2.12 bits per heavy atom. The predicted molar refractivity (Wildman–Crippen MR) is 89.3 cm³/mol. The zero-order chi connectivity index (χ0) is 17.5. The van der Waals surface area contributed by atoms with E-state index < -0.39 is 5.91 Å². The molecule has 0 aliphatic rings. The maximum Gasteiger partial charge on any atom is 0.271 e. The summed E-state index contributed by atoms with van der Waals surface area (Å²) in [7, 11) is 4.44. The van der Waals surface area contributed by atoms with Crippen molar-refractivity contribution in [1.82, 2.24) is 5.43 Å². The molecule has 0 aliphatic carbocycles. The normalized spacial score (nSPS) is 10.5. The molecule has 0 saturated heterocycles. The molecular formula is C17H18N2O5. The molecule has 1 amide bonds. The number of methoxy groups -OCH3 is 3. The third-order valence-corrected chi connectivity index (χ3v) is 3.20. The van der Waals surface area contributed by atoms with Gasteiger partial charge in [0.05, 0.1) is 27.5 Å². The maximum atomic E-state index is 12.2. The van der Waals surface area contributed by atoms with Crippen LogP contribution in [0.4, 0.5) is 0 Å². The number of nitrogens with one attached hydrogen (secondary N) is 1. The molecule has 126 valence electrons. The number of amides is 1. The number of hydrogen-bond donors (Lipinski definition) is 2. The average Bonchev–Trinajstić information content (AvgIpc) is 2.61. The number of phenolic OH excluding ortho intramolecular Hbond substituents is 1. The molecule has 7 nitrogen and oxygen atoms in total. The van der Waals surface area contributed by atoms with Crippen LogP contribution in [0.5, 0.6) is 23.0 Å². The van der Waals surface area contributed by atoms with E-state index in [4.69, 9.17) is 14.2 Å². The minimum atomic E-state index is -0.427. The topological polar surface area (TPSA) is 89.4 Å². The van der Waals surface area contributed by atoms with Crippen LogP contribution in [-0.2, 0) is 0 Å². The Morgan fingerprint density at radius 1 is 1.04 bits per heavy atom. The molecule has 0 spiro atoms. The molecule has 0 aliphatic heterocycles. The van der Waals surface area contributed by atoms with Gasteiger partial charge in [-0.05, 0) is 42.0 Å². The van der Waals surface area contributed by atoms with E-state index in [1.165, 1.54) is 51.8 Å². The predicted octanol–water partition coefficient (Wildman–Crippen LogP) is 2.18. The smallest absolute Gasteiger partial charge is 0.271 e. The van der Waals surface area contributed by atoms with Gasteiger partial charge in [0.25, 0.3) is 5.91 Å². The molecule has 0 aromatic heterocycles. The first-order valence-corrected chi connectivity index (χ1v) is 7.01. The second-order valence-electron chi connectivity index (χ2n) is 4.70. The molecule has 0 heterocycles. The molecule has 24 heavy (non-hydrogen) atoms. The highest BCUT2D eigenvalue weighted by molar-refractivity contribution is 5.96. The average molecular weight is 330 g/mol. The lowest BCUT2D eigenvalue weighted by atomic mass is 10.1. The Bertz CT molecular complexity index is 716. The van der Waals surface area contributed by atoms with Gasteiger partial charge in [0, 0.05) is 5.56 Å². The summed E-state index contributed by atoms with van der Waals surface area (Å²) in [5.41, 5.74) is 3.46. The number of aromatic hydroxyl groups is 1. The summed E-state index contributed by atoms with van der Waals surface area (Å²) in [6.45, 7) is 0. The SMILES string of the molecule is COc1cc(C(=O)N/N=C\c2ccc(O)cc2)cc(OC)c1OC. The highest BCUT2D eigenvalue weighted by Crippen LogP contribution is 2.38. The number of phenols is 1. The van der Waals surface area contributed by atoms with Crippen molar-refractivity contribution in [1.29, 1.82) is 0 Å². The van der Waals surface area contributed by atoms with Crippen molar-refractivity contribution in [2.24, 2.45) is 5.10 Å². The number of rotatable bonds is 6. The number of nitrogens with zero attached hydrogens (tertiary/aromatic N) is 1. The van der Waals surface area contributed by atoms with Crippen LogP contribution in [0.25, 0.3) is 0 Å². The number of carbonyl (C=O) groups is 1. The lowest BCUT2D eigenvalue weighted by Gasteiger charge is -2.13. The first-order valence-electron chi connectivity index (χ1n) is 7.01. The van der Waals surface area contributed by atoms with Crippen molar-refractivity contribution in [3.8, 4) is 23.0 Å². The van der Waals surface area contributed by atoms with Crippen LogP contribution in [-0.4, -0.2) is 38.6 Å². The molecule has 2 aromatic carbocycles. The van der Waals surface area contributed by atoms with Gasteiger partial charge in [-0.1, -0.05) is 0 Å². The molecule has 2 rings (SSSR count). The molecule has 0 unspecified atom stereocenters. The number of carbonyl (C=O) groups excluding carboxylic acids is 1. The van der Waals surface area contributed by atoms with Crippen LogP contribution >= 0.6 is 0 Å². The van der Waals surface area contributed by atoms with Crippen LogP contribution in [0, 0.1) is 0 Å². The van der Waals surface area contributed by atoms with Crippen molar-refractivity contribution in [2.45, 2.75) is 0 Å². The summed E-state index contributed by atoms with van der Waals surface area (Å²) < 4.78 is 15.6. The molecule has 0 fully saturated rings. The van der Waals surface area contributed by atoms with Gasteiger partial charge in [0.1, 0.15) is 5.75 Å². The second-order valence-corrected chi connectivity index (χ2v) is 4.70. The first kappa shape index (κ1) is 17.1. The number of hydrogen-bond acceptors (Lipinski definition) is 6. The van der Waals surface area contributed by atoms with Crippen molar-refractivity contribution in [3.63, 3.8) is 0 Å². The van der Waals surface area contributed by atoms with E-state index in [0.29, 0.717) is 22.8 Å². The molecule has 7 heteroatoms. The van der Waals surface area contributed by atoms with E-state index in [2.05, 4.69) is 10.5 Å². The van der Waals surface area contributed by atoms with Crippen molar-refractivity contribution in [2.75, 3.05) is 21.3 Å². The monoisotopic (exact) mass is 330 g/mol. The van der Waals surface area contributed by atoms with Crippen LogP contribution < -0.4 is 19.6 Å². The summed E-state index contributed by atoms with van der Waals surface area (Å²) >= 11 is 0. The lowest BCUT2D eigenvalue weighted by Crippen LogP contribution is -2.18. The second kappa shape index (κ2) is 7.87. The summed E-state index contributed by atoms with van der Waals surface area (Å²) in [5.74, 6) is 0.899. The highest BCUT2D eigenvalue weighted by atomic mass is 16.5. The van der Waals surface area contributed by atoms with Gasteiger partial charge < -0.3 is 19.3 Å². The van der Waals surface area contributed by atoms with E-state index >= 15 is 0 Å². The summed E-state index contributed by atoms with van der Waals surface area (Å²) in [5, 5.41) is 13.1. The third kappa shape index (κ3) is 3.95. The number of ether oxygens (including phenoxy) is 3. The molecular weight excluding hydrogens is 312 g/mol. The molecule has 2 aromatic rings. The fraction of sp³-hybridized carbons (Fsp3) is 0.176. The van der Waals surface area contributed by atoms with Gasteiger partial charge in [-0.2, -0.15) is 5.10 Å². The van der Waals surface area contributed by atoms with Gasteiger partial charge in [-0.25, -0.2) is 5.43 Å². The van der Waals surface area contributed by atoms with Crippen LogP contribution in [0.15, 0.2) is 41.5 Å². The van der Waals surface area contributed by atoms with Gasteiger partial charge in [0.2, 0.25) is 5.75 Å². The summed E-state index contributed by atoms with van der Waals surface area (Å²) in [6, 6.07) is 9.47. The summed E-state index contributed by atoms with van der Waals surface area (Å²) in [4.78, 5) is 12.2. The minimum absolute atomic E-state index is 0.161. The number of benzene rings is 2.